The molecule has 0 spiro atoms. The average Bonchev–Trinajstić information content (AvgIpc) is 2.43. The molecule has 19 heavy (non-hydrogen) atoms. The second kappa shape index (κ2) is 6.15. The van der Waals surface area contributed by atoms with Crippen molar-refractivity contribution in [3.63, 3.8) is 0 Å². The highest BCUT2D eigenvalue weighted by atomic mass is 16.5. The predicted molar refractivity (Wildman–Crippen MR) is 73.3 cm³/mol. The van der Waals surface area contributed by atoms with Crippen LogP contribution < -0.4 is 5.32 Å². The number of ether oxygens (including phenoxy) is 1. The number of aliphatic carboxylic acids is 1. The second-order valence-electron chi connectivity index (χ2n) is 4.21. The Labute approximate surface area is 111 Å². The van der Waals surface area contributed by atoms with Crippen LogP contribution in [0.25, 0.3) is 10.9 Å². The molecule has 0 saturated carbocycles. The molecule has 0 aliphatic carbocycles. The summed E-state index contributed by atoms with van der Waals surface area (Å²) in [7, 11) is 1.51. The molecule has 5 heteroatoms. The zero-order valence-electron chi connectivity index (χ0n) is 10.7. The summed E-state index contributed by atoms with van der Waals surface area (Å²) in [6, 6.07) is 9.66. The minimum Gasteiger partial charge on any atom is -0.481 e. The van der Waals surface area contributed by atoms with Gasteiger partial charge < -0.3 is 15.2 Å². The SMILES string of the molecule is COC(CNc1ccnc2ccccc12)CC(=O)O. The molecular formula is C14H16N2O3. The minimum atomic E-state index is -0.867. The van der Waals surface area contributed by atoms with E-state index in [9.17, 15) is 4.79 Å². The van der Waals surface area contributed by atoms with Crippen LogP contribution in [-0.4, -0.2) is 35.8 Å². The molecule has 1 unspecified atom stereocenters. The number of carbonyl (C=O) groups is 1. The number of nitrogens with one attached hydrogen (secondary N) is 1. The van der Waals surface area contributed by atoms with E-state index < -0.39 is 5.97 Å². The molecule has 2 N–H and O–H groups in total. The Morgan fingerprint density at radius 3 is 2.95 bits per heavy atom. The Morgan fingerprint density at radius 2 is 2.21 bits per heavy atom. The van der Waals surface area contributed by atoms with Gasteiger partial charge in [-0.3, -0.25) is 9.78 Å². The van der Waals surface area contributed by atoms with Crippen LogP contribution in [0.5, 0.6) is 0 Å². The van der Waals surface area contributed by atoms with E-state index in [1.54, 1.807) is 6.20 Å². The molecule has 0 aliphatic heterocycles. The number of anilines is 1. The lowest BCUT2D eigenvalue weighted by Crippen LogP contribution is -2.25. The summed E-state index contributed by atoms with van der Waals surface area (Å²) in [4.78, 5) is 14.9. The third-order valence-electron chi connectivity index (χ3n) is 2.90. The summed E-state index contributed by atoms with van der Waals surface area (Å²) in [6.45, 7) is 0.441. The van der Waals surface area contributed by atoms with Gasteiger partial charge in [0.15, 0.2) is 0 Å². The van der Waals surface area contributed by atoms with Crippen LogP contribution in [0.3, 0.4) is 0 Å². The summed E-state index contributed by atoms with van der Waals surface area (Å²) in [6.07, 6.45) is 1.35. The molecule has 1 heterocycles. The molecule has 0 aliphatic rings. The summed E-state index contributed by atoms with van der Waals surface area (Å²) in [5.74, 6) is -0.867. The van der Waals surface area contributed by atoms with E-state index in [0.717, 1.165) is 16.6 Å². The van der Waals surface area contributed by atoms with Crippen molar-refractivity contribution in [2.24, 2.45) is 0 Å². The van der Waals surface area contributed by atoms with Crippen LogP contribution >= 0.6 is 0 Å². The van der Waals surface area contributed by atoms with Crippen LogP contribution in [0.4, 0.5) is 5.69 Å². The zero-order chi connectivity index (χ0) is 13.7. The summed E-state index contributed by atoms with van der Waals surface area (Å²) >= 11 is 0. The van der Waals surface area contributed by atoms with Gasteiger partial charge in [0.1, 0.15) is 0 Å². The van der Waals surface area contributed by atoms with E-state index in [2.05, 4.69) is 10.3 Å². The molecule has 1 aromatic heterocycles. The van der Waals surface area contributed by atoms with E-state index in [1.165, 1.54) is 7.11 Å². The number of methoxy groups -OCH3 is 1. The van der Waals surface area contributed by atoms with Crippen LogP contribution in [0.2, 0.25) is 0 Å². The number of rotatable bonds is 6. The van der Waals surface area contributed by atoms with Crippen molar-refractivity contribution >= 4 is 22.6 Å². The third kappa shape index (κ3) is 3.42. The van der Waals surface area contributed by atoms with Crippen molar-refractivity contribution in [1.29, 1.82) is 0 Å². The van der Waals surface area contributed by atoms with Crippen molar-refractivity contribution in [2.75, 3.05) is 19.0 Å². The van der Waals surface area contributed by atoms with E-state index in [4.69, 9.17) is 9.84 Å². The summed E-state index contributed by atoms with van der Waals surface area (Å²) in [5.41, 5.74) is 1.83. The van der Waals surface area contributed by atoms with Gasteiger partial charge in [-0.1, -0.05) is 18.2 Å². The van der Waals surface area contributed by atoms with Crippen molar-refractivity contribution < 1.29 is 14.6 Å². The van der Waals surface area contributed by atoms with Crippen LogP contribution in [0, 0.1) is 0 Å². The second-order valence-corrected chi connectivity index (χ2v) is 4.21. The van der Waals surface area contributed by atoms with Gasteiger partial charge in [-0.2, -0.15) is 0 Å². The fourth-order valence-corrected chi connectivity index (χ4v) is 1.91. The molecular weight excluding hydrogens is 244 g/mol. The number of carboxylic acids is 1. The maximum atomic E-state index is 10.7. The maximum Gasteiger partial charge on any atom is 0.306 e. The number of pyridine rings is 1. The average molecular weight is 260 g/mol. The molecule has 0 saturated heterocycles. The van der Waals surface area contributed by atoms with Crippen molar-refractivity contribution in [3.05, 3.63) is 36.5 Å². The minimum absolute atomic E-state index is 0.0213. The number of nitrogens with zero attached hydrogens (tertiary/aromatic N) is 1. The Hall–Kier alpha value is -2.14. The highest BCUT2D eigenvalue weighted by Gasteiger charge is 2.12. The molecule has 100 valence electrons. The maximum absolute atomic E-state index is 10.7. The standard InChI is InChI=1S/C14H16N2O3/c1-19-10(8-14(17)18)9-16-13-6-7-15-12-5-3-2-4-11(12)13/h2-7,10H,8-9H2,1H3,(H,15,16)(H,17,18). The number of hydrogen-bond donors (Lipinski definition) is 2. The van der Waals surface area contributed by atoms with Crippen LogP contribution in [0.15, 0.2) is 36.5 Å². The quantitative estimate of drug-likeness (QED) is 0.832. The highest BCUT2D eigenvalue weighted by molar-refractivity contribution is 5.90. The molecule has 2 rings (SSSR count). The number of carboxylic acid groups (broad SMARTS) is 1. The van der Waals surface area contributed by atoms with Crippen molar-refractivity contribution in [2.45, 2.75) is 12.5 Å². The number of aromatic nitrogens is 1. The van der Waals surface area contributed by atoms with E-state index in [-0.39, 0.29) is 12.5 Å². The number of fused-ring (bicyclic) bond motifs is 1. The normalized spacial score (nSPS) is 12.3. The molecule has 1 atom stereocenters. The first-order valence-electron chi connectivity index (χ1n) is 6.03. The van der Waals surface area contributed by atoms with Gasteiger partial charge in [-0.15, -0.1) is 0 Å². The predicted octanol–water partition coefficient (Wildman–Crippen LogP) is 2.14. The van der Waals surface area contributed by atoms with Crippen LogP contribution in [-0.2, 0) is 9.53 Å². The molecule has 5 nitrogen and oxygen atoms in total. The Kier molecular flexibility index (Phi) is 4.30. The topological polar surface area (TPSA) is 71.5 Å². The van der Waals surface area contributed by atoms with Crippen molar-refractivity contribution in [1.82, 2.24) is 4.98 Å². The monoisotopic (exact) mass is 260 g/mol. The van der Waals surface area contributed by atoms with Gasteiger partial charge in [0.2, 0.25) is 0 Å². The highest BCUT2D eigenvalue weighted by Crippen LogP contribution is 2.20. The van der Waals surface area contributed by atoms with Crippen LogP contribution in [0.1, 0.15) is 6.42 Å². The summed E-state index contributed by atoms with van der Waals surface area (Å²) in [5, 5.41) is 13.0. The number of hydrogen-bond acceptors (Lipinski definition) is 4. The zero-order valence-corrected chi connectivity index (χ0v) is 10.7. The molecule has 1 aromatic carbocycles. The lowest BCUT2D eigenvalue weighted by atomic mass is 10.2. The molecule has 0 radical (unpaired) electrons. The third-order valence-corrected chi connectivity index (χ3v) is 2.90. The molecule has 0 bridgehead atoms. The van der Waals surface area contributed by atoms with E-state index in [0.29, 0.717) is 6.54 Å². The van der Waals surface area contributed by atoms with E-state index in [1.807, 2.05) is 30.3 Å². The Balaban J connectivity index is 2.11. The van der Waals surface area contributed by atoms with E-state index >= 15 is 0 Å². The smallest absolute Gasteiger partial charge is 0.306 e. The van der Waals surface area contributed by atoms with Gasteiger partial charge in [-0.25, -0.2) is 0 Å². The fourth-order valence-electron chi connectivity index (χ4n) is 1.91. The Bertz CT molecular complexity index is 566. The molecule has 0 amide bonds. The van der Waals surface area contributed by atoms with Gasteiger partial charge in [0.05, 0.1) is 18.0 Å². The first-order valence-corrected chi connectivity index (χ1v) is 6.03. The molecule has 2 aromatic rings. The van der Waals surface area contributed by atoms with Gasteiger partial charge in [-0.05, 0) is 12.1 Å². The first kappa shape index (κ1) is 13.3. The lowest BCUT2D eigenvalue weighted by molar-refractivity contribution is -0.139. The summed E-state index contributed by atoms with van der Waals surface area (Å²) < 4.78 is 5.14. The Morgan fingerprint density at radius 1 is 1.42 bits per heavy atom. The number of benzene rings is 1. The van der Waals surface area contributed by atoms with Gasteiger partial charge >= 0.3 is 5.97 Å². The van der Waals surface area contributed by atoms with Gasteiger partial charge in [0.25, 0.3) is 0 Å². The van der Waals surface area contributed by atoms with Gasteiger partial charge in [0, 0.05) is 30.9 Å². The number of para-hydroxylation sites is 1. The van der Waals surface area contributed by atoms with Crippen molar-refractivity contribution in [3.8, 4) is 0 Å². The largest absolute Gasteiger partial charge is 0.481 e. The first-order chi connectivity index (χ1) is 9.20. The lowest BCUT2D eigenvalue weighted by Gasteiger charge is -2.15. The fraction of sp³-hybridized carbons (Fsp3) is 0.286. The molecule has 0 fully saturated rings.